The molecule has 0 saturated carbocycles. The van der Waals surface area contributed by atoms with Crippen LogP contribution in [0.3, 0.4) is 0 Å². The summed E-state index contributed by atoms with van der Waals surface area (Å²) in [5.74, 6) is -0.924. The highest BCUT2D eigenvalue weighted by atomic mass is 35.5. The number of hydrazone groups is 1. The van der Waals surface area contributed by atoms with E-state index in [0.29, 0.717) is 44.3 Å². The summed E-state index contributed by atoms with van der Waals surface area (Å²) >= 11 is 6.14. The van der Waals surface area contributed by atoms with Gasteiger partial charge in [-0.05, 0) is 78.6 Å². The van der Waals surface area contributed by atoms with E-state index in [9.17, 15) is 22.8 Å². The zero-order chi connectivity index (χ0) is 31.4. The van der Waals surface area contributed by atoms with E-state index in [4.69, 9.17) is 21.4 Å². The number of nitrogens with zero attached hydrogens (tertiary/aromatic N) is 4. The minimum Gasteiger partial charge on any atom is -0.379 e. The van der Waals surface area contributed by atoms with Gasteiger partial charge in [-0.3, -0.25) is 14.5 Å². The summed E-state index contributed by atoms with van der Waals surface area (Å²) in [6.45, 7) is 6.96. The van der Waals surface area contributed by atoms with Gasteiger partial charge in [0.25, 0.3) is 11.8 Å². The van der Waals surface area contributed by atoms with Crippen LogP contribution in [0.4, 0.5) is 13.2 Å². The molecule has 0 aliphatic carbocycles. The Morgan fingerprint density at radius 3 is 2.30 bits per heavy atom. The number of carbonyl (C=O) groups is 2. The molecule has 2 heterocycles. The molecule has 232 valence electrons. The molecule has 0 spiro atoms. The van der Waals surface area contributed by atoms with Gasteiger partial charge in [-0.2, -0.15) is 18.3 Å². The highest BCUT2D eigenvalue weighted by molar-refractivity contribution is 6.30. The highest BCUT2D eigenvalue weighted by Crippen LogP contribution is 2.34. The minimum absolute atomic E-state index is 0.0720. The normalized spacial score (nSPS) is 17.5. The topological polar surface area (TPSA) is 65.5 Å². The largest absolute Gasteiger partial charge is 0.416 e. The van der Waals surface area contributed by atoms with Gasteiger partial charge in [0.1, 0.15) is 6.54 Å². The molecule has 1 fully saturated rings. The Balaban J connectivity index is 1.42. The van der Waals surface area contributed by atoms with Crippen LogP contribution in [0.5, 0.6) is 0 Å². The molecule has 11 heteroatoms. The van der Waals surface area contributed by atoms with Crippen molar-refractivity contribution in [2.45, 2.75) is 32.5 Å². The number of rotatable bonds is 8. The number of carbonyl (C=O) groups excluding carboxylic acids is 2. The van der Waals surface area contributed by atoms with Crippen LogP contribution in [-0.2, 0) is 15.7 Å². The highest BCUT2D eigenvalue weighted by Gasteiger charge is 2.35. The van der Waals surface area contributed by atoms with Crippen molar-refractivity contribution in [2.75, 3.05) is 45.9 Å². The fraction of sp³-hybridized carbons (Fsp3) is 0.364. The monoisotopic (exact) mass is 626 g/mol. The van der Waals surface area contributed by atoms with Crippen LogP contribution in [0.1, 0.15) is 50.6 Å². The second kappa shape index (κ2) is 13.5. The second-order valence-corrected chi connectivity index (χ2v) is 11.5. The molecule has 2 amide bonds. The van der Waals surface area contributed by atoms with Crippen molar-refractivity contribution in [1.82, 2.24) is 14.8 Å². The van der Waals surface area contributed by atoms with E-state index in [1.54, 1.807) is 12.1 Å². The molecule has 1 unspecified atom stereocenters. The third-order valence-corrected chi connectivity index (χ3v) is 8.38. The maximum absolute atomic E-state index is 14.0. The summed E-state index contributed by atoms with van der Waals surface area (Å²) in [5, 5.41) is 6.75. The molecule has 2 aliphatic heterocycles. The number of hydrogen-bond donors (Lipinski definition) is 0. The minimum atomic E-state index is -4.52. The zero-order valence-corrected chi connectivity index (χ0v) is 25.4. The summed E-state index contributed by atoms with van der Waals surface area (Å²) in [6, 6.07) is 16.9. The molecule has 3 aromatic carbocycles. The molecule has 1 atom stereocenters. The van der Waals surface area contributed by atoms with Gasteiger partial charge in [0.15, 0.2) is 0 Å². The first-order chi connectivity index (χ1) is 21.0. The summed E-state index contributed by atoms with van der Waals surface area (Å²) in [4.78, 5) is 31.2. The van der Waals surface area contributed by atoms with Crippen molar-refractivity contribution in [3.63, 3.8) is 0 Å². The second-order valence-electron chi connectivity index (χ2n) is 11.1. The molecular formula is C33H34ClF3N4O3. The van der Waals surface area contributed by atoms with Crippen LogP contribution >= 0.6 is 11.6 Å². The van der Waals surface area contributed by atoms with Gasteiger partial charge in [-0.25, -0.2) is 5.01 Å². The van der Waals surface area contributed by atoms with Crippen molar-refractivity contribution >= 4 is 29.1 Å². The number of halogens is 4. The number of ether oxygens (including phenoxy) is 1. The first-order valence-electron chi connectivity index (χ1n) is 14.5. The third kappa shape index (κ3) is 7.49. The number of amides is 2. The average Bonchev–Trinajstić information content (AvgIpc) is 3.46. The summed E-state index contributed by atoms with van der Waals surface area (Å²) < 4.78 is 44.9. The maximum Gasteiger partial charge on any atom is 0.416 e. The van der Waals surface area contributed by atoms with E-state index < -0.39 is 29.6 Å². The van der Waals surface area contributed by atoms with Crippen molar-refractivity contribution < 1.29 is 27.5 Å². The molecule has 0 bridgehead atoms. The molecule has 1 saturated heterocycles. The van der Waals surface area contributed by atoms with Gasteiger partial charge in [-0.1, -0.05) is 35.9 Å². The molecule has 3 aromatic rings. The summed E-state index contributed by atoms with van der Waals surface area (Å²) in [7, 11) is 0. The van der Waals surface area contributed by atoms with Crippen LogP contribution in [-0.4, -0.2) is 78.3 Å². The first kappa shape index (κ1) is 31.7. The summed E-state index contributed by atoms with van der Waals surface area (Å²) in [6.07, 6.45) is -4.05. The van der Waals surface area contributed by atoms with E-state index in [1.807, 2.05) is 44.2 Å². The number of morpholine rings is 1. The van der Waals surface area contributed by atoms with Crippen LogP contribution in [0.15, 0.2) is 71.8 Å². The van der Waals surface area contributed by atoms with Gasteiger partial charge >= 0.3 is 6.18 Å². The van der Waals surface area contributed by atoms with Crippen LogP contribution in [0, 0.1) is 13.8 Å². The van der Waals surface area contributed by atoms with Crippen LogP contribution < -0.4 is 0 Å². The van der Waals surface area contributed by atoms with Gasteiger partial charge in [0, 0.05) is 43.2 Å². The Labute approximate surface area is 259 Å². The lowest BCUT2D eigenvalue weighted by Gasteiger charge is -2.31. The van der Waals surface area contributed by atoms with Crippen molar-refractivity contribution in [3.8, 4) is 0 Å². The summed E-state index contributed by atoms with van der Waals surface area (Å²) in [5.41, 5.74) is 3.98. The molecule has 0 radical (unpaired) electrons. The van der Waals surface area contributed by atoms with E-state index in [0.717, 1.165) is 52.2 Å². The van der Waals surface area contributed by atoms with E-state index in [-0.39, 0.29) is 18.7 Å². The predicted octanol–water partition coefficient (Wildman–Crippen LogP) is 6.13. The Kier molecular flexibility index (Phi) is 9.72. The smallest absolute Gasteiger partial charge is 0.379 e. The Hall–Kier alpha value is -3.73. The molecular weight excluding hydrogens is 593 g/mol. The fourth-order valence-electron chi connectivity index (χ4n) is 5.34. The van der Waals surface area contributed by atoms with E-state index >= 15 is 0 Å². The van der Waals surface area contributed by atoms with Gasteiger partial charge in [0.05, 0.1) is 30.5 Å². The SMILES string of the molecule is Cc1ccc(C2=NN(C(=O)CN(CCN3CCOCC3)C(=O)c3ccc(C(F)(F)F)cc3)C(c3ccc(Cl)cc3)C2)cc1C. The lowest BCUT2D eigenvalue weighted by molar-refractivity contribution is -0.137. The van der Waals surface area contributed by atoms with Crippen LogP contribution in [0.25, 0.3) is 0 Å². The van der Waals surface area contributed by atoms with Crippen molar-refractivity contribution in [1.29, 1.82) is 0 Å². The molecule has 7 nitrogen and oxygen atoms in total. The fourth-order valence-corrected chi connectivity index (χ4v) is 5.47. The van der Waals surface area contributed by atoms with Gasteiger partial charge in [0.2, 0.25) is 0 Å². The first-order valence-corrected chi connectivity index (χ1v) is 14.9. The molecule has 2 aliphatic rings. The Bertz CT molecular complexity index is 1520. The Morgan fingerprint density at radius 1 is 0.977 bits per heavy atom. The number of alkyl halides is 3. The number of aryl methyl sites for hydroxylation is 2. The predicted molar refractivity (Wildman–Crippen MR) is 163 cm³/mol. The molecule has 44 heavy (non-hydrogen) atoms. The van der Waals surface area contributed by atoms with Crippen LogP contribution in [0.2, 0.25) is 5.02 Å². The van der Waals surface area contributed by atoms with Gasteiger partial charge in [-0.15, -0.1) is 0 Å². The van der Waals surface area contributed by atoms with E-state index in [2.05, 4.69) is 4.90 Å². The molecule has 5 rings (SSSR count). The maximum atomic E-state index is 14.0. The third-order valence-electron chi connectivity index (χ3n) is 8.12. The lowest BCUT2D eigenvalue weighted by atomic mass is 9.96. The quantitative estimate of drug-likeness (QED) is 0.302. The van der Waals surface area contributed by atoms with Gasteiger partial charge < -0.3 is 9.64 Å². The Morgan fingerprint density at radius 2 is 1.66 bits per heavy atom. The molecule has 0 aromatic heterocycles. The average molecular weight is 627 g/mol. The number of hydrogen-bond acceptors (Lipinski definition) is 5. The number of benzene rings is 3. The zero-order valence-electron chi connectivity index (χ0n) is 24.6. The van der Waals surface area contributed by atoms with Crippen molar-refractivity contribution in [2.24, 2.45) is 5.10 Å². The lowest BCUT2D eigenvalue weighted by Crippen LogP contribution is -2.46. The standard InChI is InChI=1S/C33H34ClF3N4O3/c1-22-3-4-26(19-23(22)2)29-20-30(24-7-11-28(34)12-8-24)41(38-29)31(42)21-40(14-13-39-15-17-44-18-16-39)32(43)25-5-9-27(10-6-25)33(35,36)37/h3-12,19,30H,13-18,20-21H2,1-2H3. The van der Waals surface area contributed by atoms with Crippen molar-refractivity contribution in [3.05, 3.63) is 105 Å². The van der Waals surface area contributed by atoms with E-state index in [1.165, 1.54) is 9.91 Å². The molecule has 0 N–H and O–H groups in total.